The van der Waals surface area contributed by atoms with Crippen LogP contribution in [0.15, 0.2) is 104 Å². The van der Waals surface area contributed by atoms with Crippen LogP contribution < -0.4 is 20.9 Å². The standard InChI is InChI=1S/C49H62N2O8/c1-3-5-29-56-41-23-12-37(13-24-41)33-58-43-19-8-35(9-20-43)7-18-40(52)32-46(45-27-17-39(50)31-47(45)51)49(54,55)48(53)28-16-36-10-21-44(22-11-36)59-34-38-14-25-42(26-15-38)57-30-6-4-2/h3-4,7-11,16-22,27-28,31,37-38,41-42,46,54-55H,1-2,5-6,12-15,23-26,29-30,32-34,50-51H2/b18-7+,28-16+. The van der Waals surface area contributed by atoms with Gasteiger partial charge in [0.1, 0.15) is 11.5 Å². The van der Waals surface area contributed by atoms with E-state index in [2.05, 4.69) is 13.2 Å². The third-order valence-corrected chi connectivity index (χ3v) is 11.3. The van der Waals surface area contributed by atoms with Gasteiger partial charge in [-0.3, -0.25) is 9.59 Å². The van der Waals surface area contributed by atoms with Gasteiger partial charge in [-0.25, -0.2) is 0 Å². The Morgan fingerprint density at radius 3 is 1.63 bits per heavy atom. The molecular formula is C49H62N2O8. The SMILES string of the molecule is C=CCCOC1CCC(COc2ccc(/C=C/C(=O)CC(c3ccc(N)cc3N)C(O)(O)C(=O)/C=C/c3ccc(OCC4CCC(OCCC=C)CC4)cc3)cc2)CC1. The van der Waals surface area contributed by atoms with Crippen LogP contribution in [0.25, 0.3) is 12.2 Å². The molecule has 1 unspecified atom stereocenters. The smallest absolute Gasteiger partial charge is 0.235 e. The lowest BCUT2D eigenvalue weighted by molar-refractivity contribution is -0.187. The molecule has 5 rings (SSSR count). The van der Waals surface area contributed by atoms with Gasteiger partial charge in [-0.1, -0.05) is 54.6 Å². The molecule has 0 spiro atoms. The van der Waals surface area contributed by atoms with Crippen molar-refractivity contribution >= 4 is 35.1 Å². The zero-order valence-corrected chi connectivity index (χ0v) is 34.2. The number of aliphatic hydroxyl groups is 2. The van der Waals surface area contributed by atoms with Crippen LogP contribution in [0.5, 0.6) is 11.5 Å². The summed E-state index contributed by atoms with van der Waals surface area (Å²) in [5.41, 5.74) is 14.3. The molecule has 0 amide bonds. The minimum absolute atomic E-state index is 0.136. The molecule has 3 aromatic carbocycles. The van der Waals surface area contributed by atoms with Crippen LogP contribution in [0.3, 0.4) is 0 Å². The lowest BCUT2D eigenvalue weighted by Gasteiger charge is -2.30. The first-order valence-electron chi connectivity index (χ1n) is 21.0. The molecule has 0 bridgehead atoms. The van der Waals surface area contributed by atoms with Crippen LogP contribution in [0.4, 0.5) is 11.4 Å². The van der Waals surface area contributed by atoms with Crippen LogP contribution in [-0.4, -0.2) is 66.2 Å². The van der Waals surface area contributed by atoms with Gasteiger partial charge < -0.3 is 40.6 Å². The highest BCUT2D eigenvalue weighted by atomic mass is 16.5. The maximum atomic E-state index is 13.4. The summed E-state index contributed by atoms with van der Waals surface area (Å²) in [5.74, 6) is -3.38. The van der Waals surface area contributed by atoms with E-state index in [4.69, 9.17) is 30.4 Å². The van der Waals surface area contributed by atoms with Crippen LogP contribution in [0.1, 0.15) is 93.2 Å². The lowest BCUT2D eigenvalue weighted by Crippen LogP contribution is -2.44. The van der Waals surface area contributed by atoms with E-state index >= 15 is 0 Å². The number of anilines is 2. The third-order valence-electron chi connectivity index (χ3n) is 11.3. The topological polar surface area (TPSA) is 164 Å². The second kappa shape index (κ2) is 23.0. The summed E-state index contributed by atoms with van der Waals surface area (Å²) in [6, 6.07) is 19.1. The number of ether oxygens (including phenoxy) is 4. The second-order valence-electron chi connectivity index (χ2n) is 15.8. The van der Waals surface area contributed by atoms with Gasteiger partial charge in [-0.05, 0) is 141 Å². The predicted molar refractivity (Wildman–Crippen MR) is 235 cm³/mol. The van der Waals surface area contributed by atoms with Crippen molar-refractivity contribution < 1.29 is 38.7 Å². The fraction of sp³-hybridized carbons (Fsp3) is 0.429. The molecule has 316 valence electrons. The molecule has 0 saturated heterocycles. The molecule has 0 radical (unpaired) electrons. The highest BCUT2D eigenvalue weighted by molar-refractivity contribution is 6.01. The molecule has 2 saturated carbocycles. The first kappa shape index (κ1) is 45.1. The molecule has 3 aromatic rings. The highest BCUT2D eigenvalue weighted by Gasteiger charge is 2.43. The zero-order valence-electron chi connectivity index (χ0n) is 34.2. The zero-order chi connectivity index (χ0) is 42.0. The monoisotopic (exact) mass is 806 g/mol. The molecule has 0 aliphatic heterocycles. The molecule has 10 nitrogen and oxygen atoms in total. The van der Waals surface area contributed by atoms with E-state index in [1.165, 1.54) is 24.3 Å². The van der Waals surface area contributed by atoms with Gasteiger partial charge in [-0.15, -0.1) is 13.2 Å². The Labute approximate surface area is 349 Å². The Morgan fingerprint density at radius 2 is 1.17 bits per heavy atom. The quantitative estimate of drug-likeness (QED) is 0.0240. The number of rotatable bonds is 23. The first-order valence-corrected chi connectivity index (χ1v) is 21.0. The first-order chi connectivity index (χ1) is 28.5. The van der Waals surface area contributed by atoms with E-state index in [0.29, 0.717) is 54.3 Å². The maximum Gasteiger partial charge on any atom is 0.235 e. The molecule has 0 heterocycles. The lowest BCUT2D eigenvalue weighted by atomic mass is 9.82. The molecule has 2 aliphatic carbocycles. The Morgan fingerprint density at radius 1 is 0.695 bits per heavy atom. The van der Waals surface area contributed by atoms with Crippen molar-refractivity contribution in [1.29, 1.82) is 0 Å². The number of carbonyl (C=O) groups excluding carboxylic acids is 2. The number of allylic oxidation sites excluding steroid dienone is 1. The van der Waals surface area contributed by atoms with Crippen molar-refractivity contribution in [2.45, 2.75) is 94.5 Å². The van der Waals surface area contributed by atoms with E-state index < -0.39 is 29.7 Å². The Balaban J connectivity index is 1.13. The molecule has 1 atom stereocenters. The van der Waals surface area contributed by atoms with E-state index in [1.807, 2.05) is 48.6 Å². The number of nitrogens with two attached hydrogens (primary N) is 2. The van der Waals surface area contributed by atoms with Crippen LogP contribution in [0, 0.1) is 11.8 Å². The van der Waals surface area contributed by atoms with Gasteiger partial charge in [0.15, 0.2) is 5.78 Å². The summed E-state index contributed by atoms with van der Waals surface area (Å²) in [6.45, 7) is 10.2. The largest absolute Gasteiger partial charge is 0.493 e. The number of hydrogen-bond acceptors (Lipinski definition) is 10. The Bertz CT molecular complexity index is 1850. The van der Waals surface area contributed by atoms with Crippen molar-refractivity contribution in [3.63, 3.8) is 0 Å². The van der Waals surface area contributed by atoms with E-state index in [1.54, 1.807) is 24.3 Å². The molecule has 6 N–H and O–H groups in total. The fourth-order valence-corrected chi connectivity index (χ4v) is 7.65. The molecule has 10 heteroatoms. The molecule has 2 fully saturated rings. The van der Waals surface area contributed by atoms with Crippen LogP contribution in [0.2, 0.25) is 0 Å². The summed E-state index contributed by atoms with van der Waals surface area (Å²) in [6.07, 6.45) is 19.7. The summed E-state index contributed by atoms with van der Waals surface area (Å²) < 4.78 is 24.0. The number of carbonyl (C=O) groups is 2. The summed E-state index contributed by atoms with van der Waals surface area (Å²) in [4.78, 5) is 26.8. The number of hydrogen-bond donors (Lipinski definition) is 4. The second-order valence-corrected chi connectivity index (χ2v) is 15.8. The predicted octanol–water partition coefficient (Wildman–Crippen LogP) is 8.63. The van der Waals surface area contributed by atoms with Crippen molar-refractivity contribution in [2.75, 3.05) is 37.9 Å². The van der Waals surface area contributed by atoms with Crippen molar-refractivity contribution in [3.05, 3.63) is 121 Å². The molecule has 0 aromatic heterocycles. The highest BCUT2D eigenvalue weighted by Crippen LogP contribution is 2.36. The summed E-state index contributed by atoms with van der Waals surface area (Å²) in [5, 5.41) is 22.8. The average molecular weight is 807 g/mol. The maximum absolute atomic E-state index is 13.4. The molecule has 2 aliphatic rings. The fourth-order valence-electron chi connectivity index (χ4n) is 7.65. The summed E-state index contributed by atoms with van der Waals surface area (Å²) >= 11 is 0. The van der Waals surface area contributed by atoms with Crippen molar-refractivity contribution in [1.82, 2.24) is 0 Å². The average Bonchev–Trinajstić information content (AvgIpc) is 3.24. The van der Waals surface area contributed by atoms with Crippen LogP contribution >= 0.6 is 0 Å². The molecular weight excluding hydrogens is 745 g/mol. The van der Waals surface area contributed by atoms with E-state index in [-0.39, 0.29) is 11.3 Å². The van der Waals surface area contributed by atoms with Gasteiger partial charge in [0.05, 0.1) is 44.6 Å². The van der Waals surface area contributed by atoms with E-state index in [9.17, 15) is 19.8 Å². The minimum atomic E-state index is -2.96. The molecule has 59 heavy (non-hydrogen) atoms. The van der Waals surface area contributed by atoms with Gasteiger partial charge >= 0.3 is 0 Å². The van der Waals surface area contributed by atoms with Gasteiger partial charge in [0, 0.05) is 17.8 Å². The van der Waals surface area contributed by atoms with Crippen molar-refractivity contribution in [3.8, 4) is 11.5 Å². The summed E-state index contributed by atoms with van der Waals surface area (Å²) in [7, 11) is 0. The Hall–Kier alpha value is -5.00. The normalized spacial score (nSPS) is 20.3. The van der Waals surface area contributed by atoms with Crippen LogP contribution in [-0.2, 0) is 19.1 Å². The number of benzene rings is 3. The van der Waals surface area contributed by atoms with Gasteiger partial charge in [0.2, 0.25) is 11.6 Å². The van der Waals surface area contributed by atoms with Gasteiger partial charge in [-0.2, -0.15) is 0 Å². The Kier molecular flexibility index (Phi) is 17.5. The third kappa shape index (κ3) is 14.4. The number of ketones is 2. The van der Waals surface area contributed by atoms with Gasteiger partial charge in [0.25, 0.3) is 0 Å². The minimum Gasteiger partial charge on any atom is -0.493 e. The van der Waals surface area contributed by atoms with E-state index in [0.717, 1.165) is 94.8 Å². The number of nitrogen functional groups attached to an aromatic ring is 2. The van der Waals surface area contributed by atoms with Crippen molar-refractivity contribution in [2.24, 2.45) is 11.8 Å².